The van der Waals surface area contributed by atoms with Gasteiger partial charge in [0.1, 0.15) is 0 Å². The second-order valence-corrected chi connectivity index (χ2v) is 5.75. The maximum atomic E-state index is 5.93. The normalized spacial score (nSPS) is 17.9. The first-order valence-corrected chi connectivity index (χ1v) is 6.92. The first-order chi connectivity index (χ1) is 8.24. The number of benzene rings is 1. The number of hydrogen-bond acceptors (Lipinski definition) is 4. The Morgan fingerprint density at radius 2 is 2.12 bits per heavy atom. The van der Waals surface area contributed by atoms with Gasteiger partial charge in [-0.2, -0.15) is 0 Å². The van der Waals surface area contributed by atoms with Crippen molar-refractivity contribution in [1.29, 1.82) is 0 Å². The van der Waals surface area contributed by atoms with Crippen LogP contribution in [0.4, 0.5) is 5.13 Å². The van der Waals surface area contributed by atoms with Crippen LogP contribution >= 0.6 is 11.3 Å². The van der Waals surface area contributed by atoms with Gasteiger partial charge in [0.25, 0.3) is 0 Å². The lowest BCUT2D eigenvalue weighted by Gasteiger charge is -2.29. The minimum Gasteiger partial charge on any atom is -0.348 e. The second kappa shape index (κ2) is 4.27. The lowest BCUT2D eigenvalue weighted by atomic mass is 10.1. The van der Waals surface area contributed by atoms with Gasteiger partial charge in [0.05, 0.1) is 10.2 Å². The van der Waals surface area contributed by atoms with E-state index < -0.39 is 0 Å². The molecule has 4 heteroatoms. The molecule has 2 aromatic rings. The number of aromatic nitrogens is 1. The molecule has 0 aliphatic carbocycles. The Bertz CT molecular complexity index is 526. The first kappa shape index (κ1) is 11.0. The minimum atomic E-state index is 0.377. The van der Waals surface area contributed by atoms with Crippen LogP contribution < -0.4 is 10.6 Å². The van der Waals surface area contributed by atoms with Crippen LogP contribution in [0, 0.1) is 6.92 Å². The number of piperidine rings is 1. The molecule has 1 aromatic carbocycles. The van der Waals surface area contributed by atoms with Crippen LogP contribution in [-0.4, -0.2) is 24.1 Å². The quantitative estimate of drug-likeness (QED) is 0.842. The largest absolute Gasteiger partial charge is 0.348 e. The lowest BCUT2D eigenvalue weighted by molar-refractivity contribution is 0.501. The third-order valence-corrected chi connectivity index (χ3v) is 4.50. The van der Waals surface area contributed by atoms with Gasteiger partial charge in [-0.3, -0.25) is 0 Å². The van der Waals surface area contributed by atoms with E-state index in [2.05, 4.69) is 30.0 Å². The Morgan fingerprint density at radius 3 is 2.82 bits per heavy atom. The van der Waals surface area contributed by atoms with E-state index >= 15 is 0 Å². The Kier molecular flexibility index (Phi) is 2.76. The van der Waals surface area contributed by atoms with Gasteiger partial charge in [-0.1, -0.05) is 23.5 Å². The van der Waals surface area contributed by atoms with Crippen LogP contribution in [0.25, 0.3) is 10.2 Å². The summed E-state index contributed by atoms with van der Waals surface area (Å²) >= 11 is 1.79. The van der Waals surface area contributed by atoms with E-state index in [1.807, 2.05) is 0 Å². The van der Waals surface area contributed by atoms with Gasteiger partial charge >= 0.3 is 0 Å². The van der Waals surface area contributed by atoms with Gasteiger partial charge in [0.2, 0.25) is 0 Å². The van der Waals surface area contributed by atoms with Crippen molar-refractivity contribution >= 4 is 26.7 Å². The molecule has 1 saturated heterocycles. The summed E-state index contributed by atoms with van der Waals surface area (Å²) in [6, 6.07) is 6.76. The van der Waals surface area contributed by atoms with Gasteiger partial charge in [0.15, 0.2) is 5.13 Å². The number of nitrogens with two attached hydrogens (primary N) is 1. The third-order valence-electron chi connectivity index (χ3n) is 3.42. The predicted octanol–water partition coefficient (Wildman–Crippen LogP) is 2.53. The van der Waals surface area contributed by atoms with Crippen LogP contribution in [0.1, 0.15) is 18.4 Å². The molecule has 2 N–H and O–H groups in total. The molecule has 1 aliphatic heterocycles. The second-order valence-electron chi connectivity index (χ2n) is 4.74. The number of thiazole rings is 1. The molecule has 1 aliphatic rings. The van der Waals surface area contributed by atoms with Crippen molar-refractivity contribution in [3.8, 4) is 0 Å². The van der Waals surface area contributed by atoms with Gasteiger partial charge < -0.3 is 10.6 Å². The van der Waals surface area contributed by atoms with Gasteiger partial charge in [-0.05, 0) is 31.4 Å². The fourth-order valence-corrected chi connectivity index (χ4v) is 3.40. The highest BCUT2D eigenvalue weighted by Gasteiger charge is 2.19. The molecule has 2 heterocycles. The highest BCUT2D eigenvalue weighted by atomic mass is 32.1. The van der Waals surface area contributed by atoms with Crippen molar-refractivity contribution in [3.63, 3.8) is 0 Å². The minimum absolute atomic E-state index is 0.377. The highest BCUT2D eigenvalue weighted by molar-refractivity contribution is 7.22. The molecule has 0 amide bonds. The molecular formula is C13H17N3S. The third kappa shape index (κ3) is 2.03. The Balaban J connectivity index is 1.93. The monoisotopic (exact) mass is 247 g/mol. The molecular weight excluding hydrogens is 230 g/mol. The fourth-order valence-electron chi connectivity index (χ4n) is 2.30. The van der Waals surface area contributed by atoms with Gasteiger partial charge in [0, 0.05) is 19.1 Å². The standard InChI is InChI=1S/C13H17N3S/c1-9-3-2-4-11-12(9)15-13(17-11)16-7-5-10(14)6-8-16/h2-4,10H,5-8,14H2,1H3. The highest BCUT2D eigenvalue weighted by Crippen LogP contribution is 2.31. The Labute approximate surface area is 105 Å². The summed E-state index contributed by atoms with van der Waals surface area (Å²) in [7, 11) is 0. The first-order valence-electron chi connectivity index (χ1n) is 6.11. The van der Waals surface area contributed by atoms with Crippen LogP contribution in [0.3, 0.4) is 0 Å². The fraction of sp³-hybridized carbons (Fsp3) is 0.462. The molecule has 0 unspecified atom stereocenters. The number of fused-ring (bicyclic) bond motifs is 1. The van der Waals surface area contributed by atoms with Crippen LogP contribution in [0.15, 0.2) is 18.2 Å². The molecule has 0 radical (unpaired) electrons. The molecule has 0 bridgehead atoms. The van der Waals surface area contributed by atoms with Crippen molar-refractivity contribution in [3.05, 3.63) is 23.8 Å². The van der Waals surface area contributed by atoms with Crippen molar-refractivity contribution < 1.29 is 0 Å². The summed E-state index contributed by atoms with van der Waals surface area (Å²) in [6.07, 6.45) is 2.16. The maximum absolute atomic E-state index is 5.93. The molecule has 3 rings (SSSR count). The summed E-state index contributed by atoms with van der Waals surface area (Å²) < 4.78 is 1.29. The summed E-state index contributed by atoms with van der Waals surface area (Å²) in [5.74, 6) is 0. The molecule has 0 saturated carbocycles. The van der Waals surface area contributed by atoms with Gasteiger partial charge in [-0.15, -0.1) is 0 Å². The number of nitrogens with zero attached hydrogens (tertiary/aromatic N) is 2. The van der Waals surface area contributed by atoms with Crippen LogP contribution in [0.2, 0.25) is 0 Å². The van der Waals surface area contributed by atoms with Crippen molar-refractivity contribution in [2.45, 2.75) is 25.8 Å². The summed E-state index contributed by atoms with van der Waals surface area (Å²) in [4.78, 5) is 7.13. The molecule has 3 nitrogen and oxygen atoms in total. The topological polar surface area (TPSA) is 42.1 Å². The molecule has 0 spiro atoms. The van der Waals surface area contributed by atoms with Crippen LogP contribution in [0.5, 0.6) is 0 Å². The molecule has 17 heavy (non-hydrogen) atoms. The van der Waals surface area contributed by atoms with Crippen LogP contribution in [-0.2, 0) is 0 Å². The SMILES string of the molecule is Cc1cccc2sc(N3CCC(N)CC3)nc12. The molecule has 90 valence electrons. The Hall–Kier alpha value is -1.13. The van der Waals surface area contributed by atoms with Crippen molar-refractivity contribution in [1.82, 2.24) is 4.98 Å². The van der Waals surface area contributed by atoms with E-state index in [1.165, 1.54) is 10.3 Å². The van der Waals surface area contributed by atoms with E-state index in [0.29, 0.717) is 6.04 Å². The van der Waals surface area contributed by atoms with E-state index in [9.17, 15) is 0 Å². The number of hydrogen-bond donors (Lipinski definition) is 1. The van der Waals surface area contributed by atoms with E-state index in [0.717, 1.165) is 36.6 Å². The zero-order valence-electron chi connectivity index (χ0n) is 10.0. The summed E-state index contributed by atoms with van der Waals surface area (Å²) in [5, 5.41) is 1.15. The zero-order valence-corrected chi connectivity index (χ0v) is 10.8. The lowest BCUT2D eigenvalue weighted by Crippen LogP contribution is -2.39. The summed E-state index contributed by atoms with van der Waals surface area (Å²) in [6.45, 7) is 4.21. The van der Waals surface area contributed by atoms with E-state index in [-0.39, 0.29) is 0 Å². The zero-order chi connectivity index (χ0) is 11.8. The number of aryl methyl sites for hydroxylation is 1. The average molecular weight is 247 g/mol. The number of anilines is 1. The Morgan fingerprint density at radius 1 is 1.35 bits per heavy atom. The maximum Gasteiger partial charge on any atom is 0.186 e. The molecule has 1 fully saturated rings. The predicted molar refractivity (Wildman–Crippen MR) is 73.8 cm³/mol. The molecule has 0 atom stereocenters. The van der Waals surface area contributed by atoms with E-state index in [4.69, 9.17) is 10.7 Å². The van der Waals surface area contributed by atoms with Gasteiger partial charge in [-0.25, -0.2) is 4.98 Å². The average Bonchev–Trinajstić information content (AvgIpc) is 2.75. The molecule has 1 aromatic heterocycles. The van der Waals surface area contributed by atoms with Crippen molar-refractivity contribution in [2.75, 3.05) is 18.0 Å². The van der Waals surface area contributed by atoms with Crippen molar-refractivity contribution in [2.24, 2.45) is 5.73 Å². The number of rotatable bonds is 1. The summed E-state index contributed by atoms with van der Waals surface area (Å²) in [5.41, 5.74) is 8.35. The number of para-hydroxylation sites is 1. The van der Waals surface area contributed by atoms with E-state index in [1.54, 1.807) is 11.3 Å². The smallest absolute Gasteiger partial charge is 0.186 e.